The van der Waals surface area contributed by atoms with Crippen molar-refractivity contribution in [3.63, 3.8) is 0 Å². The molecule has 132 valence electrons. The highest BCUT2D eigenvalue weighted by molar-refractivity contribution is 7.99. The first-order chi connectivity index (χ1) is 11.9. The van der Waals surface area contributed by atoms with Gasteiger partial charge in [0.25, 0.3) is 11.7 Å². The molecule has 0 spiro atoms. The first kappa shape index (κ1) is 19.2. The fourth-order valence-corrected chi connectivity index (χ4v) is 2.85. The van der Waals surface area contributed by atoms with Crippen LogP contribution in [0.3, 0.4) is 0 Å². The Morgan fingerprint density at radius 1 is 1.24 bits per heavy atom. The van der Waals surface area contributed by atoms with E-state index in [0.717, 1.165) is 5.56 Å². The van der Waals surface area contributed by atoms with Crippen molar-refractivity contribution in [3.8, 4) is 0 Å². The minimum Gasteiger partial charge on any atom is -0.452 e. The van der Waals surface area contributed by atoms with E-state index < -0.39 is 24.2 Å². The summed E-state index contributed by atoms with van der Waals surface area (Å²) < 4.78 is 30.0. The molecule has 0 saturated heterocycles. The molecule has 0 radical (unpaired) electrons. The average molecular weight is 386 g/mol. The van der Waals surface area contributed by atoms with Crippen LogP contribution in [-0.2, 0) is 9.53 Å². The summed E-state index contributed by atoms with van der Waals surface area (Å²) in [5, 5.41) is 3.13. The van der Waals surface area contributed by atoms with Crippen LogP contribution in [0.15, 0.2) is 47.4 Å². The zero-order valence-electron chi connectivity index (χ0n) is 13.1. The first-order valence-corrected chi connectivity index (χ1v) is 8.39. The molecule has 1 N–H and O–H groups in total. The number of alkyl halides is 2. The predicted octanol–water partition coefficient (Wildman–Crippen LogP) is 4.76. The molecule has 2 aromatic carbocycles. The van der Waals surface area contributed by atoms with E-state index in [1.165, 1.54) is 24.3 Å². The lowest BCUT2D eigenvalue weighted by molar-refractivity contribution is -0.119. The number of esters is 1. The van der Waals surface area contributed by atoms with Crippen molar-refractivity contribution in [1.29, 1.82) is 0 Å². The second-order valence-corrected chi connectivity index (χ2v) is 6.43. The Kier molecular flexibility index (Phi) is 6.78. The number of amides is 1. The number of halogens is 3. The molecule has 25 heavy (non-hydrogen) atoms. The van der Waals surface area contributed by atoms with E-state index in [1.54, 1.807) is 25.1 Å². The van der Waals surface area contributed by atoms with Crippen LogP contribution in [0.5, 0.6) is 0 Å². The lowest BCUT2D eigenvalue weighted by Gasteiger charge is -2.10. The Hall–Kier alpha value is -2.12. The van der Waals surface area contributed by atoms with Crippen LogP contribution >= 0.6 is 23.4 Å². The van der Waals surface area contributed by atoms with Crippen molar-refractivity contribution >= 4 is 40.9 Å². The third-order valence-corrected chi connectivity index (χ3v) is 4.14. The third kappa shape index (κ3) is 5.72. The highest BCUT2D eigenvalue weighted by atomic mass is 35.5. The van der Waals surface area contributed by atoms with Gasteiger partial charge in [-0.2, -0.15) is 8.78 Å². The van der Waals surface area contributed by atoms with Gasteiger partial charge in [0.15, 0.2) is 6.61 Å². The molecule has 8 heteroatoms. The minimum absolute atomic E-state index is 0.0109. The third-order valence-electron chi connectivity index (χ3n) is 3.12. The van der Waals surface area contributed by atoms with Crippen molar-refractivity contribution < 1.29 is 23.1 Å². The first-order valence-electron chi connectivity index (χ1n) is 7.14. The summed E-state index contributed by atoms with van der Waals surface area (Å²) >= 11 is 6.08. The molecule has 0 unspecified atom stereocenters. The van der Waals surface area contributed by atoms with Crippen molar-refractivity contribution in [2.75, 3.05) is 11.9 Å². The van der Waals surface area contributed by atoms with E-state index in [-0.39, 0.29) is 22.2 Å². The van der Waals surface area contributed by atoms with Crippen LogP contribution in [-0.4, -0.2) is 24.2 Å². The average Bonchev–Trinajstić information content (AvgIpc) is 2.55. The summed E-state index contributed by atoms with van der Waals surface area (Å²) in [5.41, 5.74) is 1.29. The van der Waals surface area contributed by atoms with Crippen LogP contribution in [0.1, 0.15) is 15.9 Å². The Bertz CT molecular complexity index is 786. The Labute approximate surface area is 152 Å². The number of thioether (sulfide) groups is 1. The lowest BCUT2D eigenvalue weighted by atomic mass is 10.2. The standard InChI is InChI=1S/C17H14ClF2NO3S/c1-10-8-11(18)6-7-13(10)21-15(22)9-24-16(23)12-4-2-3-5-14(12)25-17(19)20/h2-8,17H,9H2,1H3,(H,21,22). The van der Waals surface area contributed by atoms with Crippen LogP contribution in [0.4, 0.5) is 14.5 Å². The van der Waals surface area contributed by atoms with Crippen molar-refractivity contribution in [3.05, 3.63) is 58.6 Å². The van der Waals surface area contributed by atoms with Gasteiger partial charge in [0.2, 0.25) is 0 Å². The van der Waals surface area contributed by atoms with E-state index in [0.29, 0.717) is 10.7 Å². The molecule has 2 rings (SSSR count). The second kappa shape index (κ2) is 8.82. The molecule has 0 heterocycles. The van der Waals surface area contributed by atoms with Crippen LogP contribution < -0.4 is 5.32 Å². The molecule has 0 aromatic heterocycles. The molecule has 0 aliphatic heterocycles. The summed E-state index contributed by atoms with van der Waals surface area (Å²) in [5.74, 6) is -4.05. The maximum absolute atomic E-state index is 12.5. The molecule has 0 aliphatic carbocycles. The van der Waals surface area contributed by atoms with Crippen LogP contribution in [0.25, 0.3) is 0 Å². The zero-order chi connectivity index (χ0) is 18.4. The summed E-state index contributed by atoms with van der Waals surface area (Å²) in [4.78, 5) is 24.0. The number of hydrogen-bond donors (Lipinski definition) is 1. The number of carbonyl (C=O) groups is 2. The number of ether oxygens (including phenoxy) is 1. The SMILES string of the molecule is Cc1cc(Cl)ccc1NC(=O)COC(=O)c1ccccc1SC(F)F. The topological polar surface area (TPSA) is 55.4 Å². The number of carbonyl (C=O) groups excluding carboxylic acids is 2. The Balaban J connectivity index is 1.97. The quantitative estimate of drug-likeness (QED) is 0.575. The summed E-state index contributed by atoms with van der Waals surface area (Å²) in [7, 11) is 0. The highest BCUT2D eigenvalue weighted by Crippen LogP contribution is 2.28. The molecule has 0 atom stereocenters. The molecule has 4 nitrogen and oxygen atoms in total. The molecular weight excluding hydrogens is 372 g/mol. The van der Waals surface area contributed by atoms with E-state index in [2.05, 4.69) is 5.32 Å². The molecule has 1 amide bonds. The maximum atomic E-state index is 12.5. The molecule has 0 fully saturated rings. The largest absolute Gasteiger partial charge is 0.452 e. The van der Waals surface area contributed by atoms with Gasteiger partial charge in [-0.3, -0.25) is 4.79 Å². The second-order valence-electron chi connectivity index (χ2n) is 4.96. The number of hydrogen-bond acceptors (Lipinski definition) is 4. The Morgan fingerprint density at radius 2 is 1.96 bits per heavy atom. The number of rotatable bonds is 6. The van der Waals surface area contributed by atoms with Gasteiger partial charge in [-0.15, -0.1) is 0 Å². The maximum Gasteiger partial charge on any atom is 0.339 e. The fraction of sp³-hybridized carbons (Fsp3) is 0.176. The highest BCUT2D eigenvalue weighted by Gasteiger charge is 2.17. The number of aryl methyl sites for hydroxylation is 1. The molecule has 0 saturated carbocycles. The van der Waals surface area contributed by atoms with Crippen molar-refractivity contribution in [2.24, 2.45) is 0 Å². The van der Waals surface area contributed by atoms with Crippen LogP contribution in [0.2, 0.25) is 5.02 Å². The van der Waals surface area contributed by atoms with Gasteiger partial charge in [0.1, 0.15) is 0 Å². The minimum atomic E-state index is -2.66. The number of nitrogens with one attached hydrogen (secondary N) is 1. The van der Waals surface area contributed by atoms with E-state index >= 15 is 0 Å². The van der Waals surface area contributed by atoms with E-state index in [4.69, 9.17) is 16.3 Å². The summed E-state index contributed by atoms with van der Waals surface area (Å²) in [6.07, 6.45) is 0. The molecular formula is C17H14ClF2NO3S. The monoisotopic (exact) mass is 385 g/mol. The van der Waals surface area contributed by atoms with Gasteiger partial charge in [-0.1, -0.05) is 35.5 Å². The predicted molar refractivity (Wildman–Crippen MR) is 93.4 cm³/mol. The number of benzene rings is 2. The van der Waals surface area contributed by atoms with E-state index in [9.17, 15) is 18.4 Å². The molecule has 0 aliphatic rings. The zero-order valence-corrected chi connectivity index (χ0v) is 14.7. The lowest BCUT2D eigenvalue weighted by Crippen LogP contribution is -2.21. The van der Waals surface area contributed by atoms with Gasteiger partial charge in [-0.05, 0) is 42.8 Å². The van der Waals surface area contributed by atoms with Crippen molar-refractivity contribution in [2.45, 2.75) is 17.6 Å². The molecule has 0 bridgehead atoms. The smallest absolute Gasteiger partial charge is 0.339 e. The molecule has 2 aromatic rings. The van der Waals surface area contributed by atoms with Crippen molar-refractivity contribution in [1.82, 2.24) is 0 Å². The normalized spacial score (nSPS) is 10.6. The van der Waals surface area contributed by atoms with Gasteiger partial charge in [-0.25, -0.2) is 4.79 Å². The number of anilines is 1. The van der Waals surface area contributed by atoms with Crippen LogP contribution in [0, 0.1) is 6.92 Å². The van der Waals surface area contributed by atoms with E-state index in [1.807, 2.05) is 0 Å². The summed E-state index contributed by atoms with van der Waals surface area (Å²) in [6.45, 7) is 1.24. The van der Waals surface area contributed by atoms with Gasteiger partial charge in [0.05, 0.1) is 5.56 Å². The van der Waals surface area contributed by atoms with Gasteiger partial charge >= 0.3 is 5.97 Å². The van der Waals surface area contributed by atoms with Gasteiger partial charge < -0.3 is 10.1 Å². The Morgan fingerprint density at radius 3 is 2.64 bits per heavy atom. The summed E-state index contributed by atoms with van der Waals surface area (Å²) in [6, 6.07) is 10.8. The fourth-order valence-electron chi connectivity index (χ4n) is 2.00. The van der Waals surface area contributed by atoms with Gasteiger partial charge in [0, 0.05) is 15.6 Å².